The van der Waals surface area contributed by atoms with Gasteiger partial charge in [-0.15, -0.1) is 0 Å². The number of nitrogens with two attached hydrogens (primary N) is 1. The van der Waals surface area contributed by atoms with Crippen molar-refractivity contribution in [3.63, 3.8) is 0 Å². The van der Waals surface area contributed by atoms with Crippen molar-refractivity contribution in [3.05, 3.63) is 53.9 Å². The zero-order chi connectivity index (χ0) is 13.1. The van der Waals surface area contributed by atoms with E-state index in [-0.39, 0.29) is 0 Å². The quantitative estimate of drug-likeness (QED) is 0.913. The van der Waals surface area contributed by atoms with E-state index in [0.29, 0.717) is 12.5 Å². The van der Waals surface area contributed by atoms with Crippen LogP contribution in [0.3, 0.4) is 0 Å². The second-order valence-electron chi connectivity index (χ2n) is 5.13. The molecule has 0 fully saturated rings. The first-order valence-corrected chi connectivity index (χ1v) is 6.93. The molecule has 1 unspecified atom stereocenters. The van der Waals surface area contributed by atoms with Gasteiger partial charge in [-0.25, -0.2) is 0 Å². The summed E-state index contributed by atoms with van der Waals surface area (Å²) in [4.78, 5) is 0. The molecular formula is C16H20N2O. The van der Waals surface area contributed by atoms with Crippen molar-refractivity contribution in [2.75, 3.05) is 13.2 Å². The summed E-state index contributed by atoms with van der Waals surface area (Å²) in [5.41, 5.74) is 8.25. The SMILES string of the molecule is NCCc1ccn(CC2CCOc3ccccc32)c1. The summed E-state index contributed by atoms with van der Waals surface area (Å²) >= 11 is 0. The van der Waals surface area contributed by atoms with Crippen LogP contribution in [0.1, 0.15) is 23.5 Å². The van der Waals surface area contributed by atoms with Crippen molar-refractivity contribution in [1.82, 2.24) is 4.57 Å². The molecule has 3 nitrogen and oxygen atoms in total. The van der Waals surface area contributed by atoms with Crippen LogP contribution in [0.2, 0.25) is 0 Å². The molecule has 3 heteroatoms. The molecule has 2 aromatic rings. The molecule has 2 N–H and O–H groups in total. The maximum Gasteiger partial charge on any atom is 0.122 e. The third-order valence-electron chi connectivity index (χ3n) is 3.76. The molecule has 1 aliphatic heterocycles. The Morgan fingerprint density at radius 3 is 3.05 bits per heavy atom. The molecule has 0 radical (unpaired) electrons. The second-order valence-corrected chi connectivity index (χ2v) is 5.13. The molecule has 0 saturated carbocycles. The first-order valence-electron chi connectivity index (χ1n) is 6.93. The predicted molar refractivity (Wildman–Crippen MR) is 76.5 cm³/mol. The fourth-order valence-corrected chi connectivity index (χ4v) is 2.78. The fraction of sp³-hybridized carbons (Fsp3) is 0.375. The summed E-state index contributed by atoms with van der Waals surface area (Å²) in [6.45, 7) is 2.55. The van der Waals surface area contributed by atoms with Gasteiger partial charge in [0.2, 0.25) is 0 Å². The van der Waals surface area contributed by atoms with Crippen molar-refractivity contribution < 1.29 is 4.74 Å². The smallest absolute Gasteiger partial charge is 0.122 e. The number of rotatable bonds is 4. The Hall–Kier alpha value is -1.74. The molecule has 1 atom stereocenters. The van der Waals surface area contributed by atoms with Crippen LogP contribution >= 0.6 is 0 Å². The van der Waals surface area contributed by atoms with Crippen molar-refractivity contribution in [2.24, 2.45) is 5.73 Å². The van der Waals surface area contributed by atoms with Gasteiger partial charge >= 0.3 is 0 Å². The Kier molecular flexibility index (Phi) is 3.56. The average molecular weight is 256 g/mol. The number of hydrogen-bond donors (Lipinski definition) is 1. The van der Waals surface area contributed by atoms with Crippen LogP contribution in [-0.4, -0.2) is 17.7 Å². The lowest BCUT2D eigenvalue weighted by Crippen LogP contribution is -2.18. The van der Waals surface area contributed by atoms with Gasteiger partial charge in [0.15, 0.2) is 0 Å². The largest absolute Gasteiger partial charge is 0.493 e. The normalized spacial score (nSPS) is 17.8. The lowest BCUT2D eigenvalue weighted by atomic mass is 9.93. The topological polar surface area (TPSA) is 40.2 Å². The highest BCUT2D eigenvalue weighted by molar-refractivity contribution is 5.37. The molecule has 0 bridgehead atoms. The van der Waals surface area contributed by atoms with Crippen molar-refractivity contribution in [2.45, 2.75) is 25.3 Å². The molecule has 1 aromatic heterocycles. The highest BCUT2D eigenvalue weighted by atomic mass is 16.5. The highest BCUT2D eigenvalue weighted by Gasteiger charge is 2.21. The van der Waals surface area contributed by atoms with Gasteiger partial charge in [-0.2, -0.15) is 0 Å². The van der Waals surface area contributed by atoms with Crippen LogP contribution in [0.25, 0.3) is 0 Å². The van der Waals surface area contributed by atoms with Crippen LogP contribution in [-0.2, 0) is 13.0 Å². The third kappa shape index (κ3) is 2.66. The fourth-order valence-electron chi connectivity index (χ4n) is 2.78. The minimum absolute atomic E-state index is 0.545. The van der Waals surface area contributed by atoms with E-state index in [0.717, 1.165) is 31.7 Å². The molecule has 19 heavy (non-hydrogen) atoms. The molecule has 0 spiro atoms. The van der Waals surface area contributed by atoms with E-state index in [1.165, 1.54) is 11.1 Å². The van der Waals surface area contributed by atoms with E-state index in [2.05, 4.69) is 41.2 Å². The second kappa shape index (κ2) is 5.49. The highest BCUT2D eigenvalue weighted by Crippen LogP contribution is 2.34. The average Bonchev–Trinajstić information content (AvgIpc) is 2.87. The summed E-state index contributed by atoms with van der Waals surface area (Å²) < 4.78 is 7.98. The maximum atomic E-state index is 5.71. The van der Waals surface area contributed by atoms with Crippen molar-refractivity contribution >= 4 is 0 Å². The van der Waals surface area contributed by atoms with Gasteiger partial charge in [-0.05, 0) is 42.6 Å². The van der Waals surface area contributed by atoms with E-state index in [1.54, 1.807) is 0 Å². The zero-order valence-electron chi connectivity index (χ0n) is 11.1. The Morgan fingerprint density at radius 1 is 1.26 bits per heavy atom. The number of benzene rings is 1. The maximum absolute atomic E-state index is 5.71. The number of aromatic nitrogens is 1. The Morgan fingerprint density at radius 2 is 2.16 bits per heavy atom. The Bertz CT molecular complexity index is 547. The van der Waals surface area contributed by atoms with Crippen LogP contribution in [0.4, 0.5) is 0 Å². The lowest BCUT2D eigenvalue weighted by molar-refractivity contribution is 0.259. The molecule has 2 heterocycles. The van der Waals surface area contributed by atoms with Gasteiger partial charge in [-0.1, -0.05) is 18.2 Å². The van der Waals surface area contributed by atoms with Gasteiger partial charge in [0, 0.05) is 24.9 Å². The molecule has 1 aliphatic rings. The summed E-state index contributed by atoms with van der Waals surface area (Å²) in [7, 11) is 0. The molecule has 3 rings (SSSR count). The molecular weight excluding hydrogens is 236 g/mol. The van der Waals surface area contributed by atoms with Gasteiger partial charge in [0.1, 0.15) is 5.75 Å². The first-order chi connectivity index (χ1) is 9.36. The summed E-state index contributed by atoms with van der Waals surface area (Å²) in [6, 6.07) is 10.5. The Labute approximate surface area is 114 Å². The minimum atomic E-state index is 0.545. The number of hydrogen-bond acceptors (Lipinski definition) is 2. The van der Waals surface area contributed by atoms with Gasteiger partial charge in [0.25, 0.3) is 0 Å². The van der Waals surface area contributed by atoms with E-state index >= 15 is 0 Å². The van der Waals surface area contributed by atoms with Crippen LogP contribution in [0.15, 0.2) is 42.7 Å². The minimum Gasteiger partial charge on any atom is -0.493 e. The third-order valence-corrected chi connectivity index (χ3v) is 3.76. The van der Waals surface area contributed by atoms with Crippen LogP contribution in [0, 0.1) is 0 Å². The van der Waals surface area contributed by atoms with Crippen LogP contribution < -0.4 is 10.5 Å². The summed E-state index contributed by atoms with van der Waals surface area (Å²) in [6.07, 6.45) is 6.41. The molecule has 0 aliphatic carbocycles. The van der Waals surface area contributed by atoms with E-state index in [1.807, 2.05) is 6.07 Å². The molecule has 0 saturated heterocycles. The predicted octanol–water partition coefficient (Wildman–Crippen LogP) is 2.56. The van der Waals surface area contributed by atoms with E-state index in [4.69, 9.17) is 10.5 Å². The first kappa shape index (κ1) is 12.3. The molecule has 1 aromatic carbocycles. The Balaban J connectivity index is 1.76. The number of para-hydroxylation sites is 1. The number of ether oxygens (including phenoxy) is 1. The van der Waals surface area contributed by atoms with Crippen LogP contribution in [0.5, 0.6) is 5.75 Å². The molecule has 100 valence electrons. The van der Waals surface area contributed by atoms with Gasteiger partial charge in [0.05, 0.1) is 6.61 Å². The lowest BCUT2D eigenvalue weighted by Gasteiger charge is -2.26. The van der Waals surface area contributed by atoms with Gasteiger partial charge in [-0.3, -0.25) is 0 Å². The number of fused-ring (bicyclic) bond motifs is 1. The summed E-state index contributed by atoms with van der Waals surface area (Å²) in [5, 5.41) is 0. The monoisotopic (exact) mass is 256 g/mol. The molecule has 0 amide bonds. The van der Waals surface area contributed by atoms with Crippen molar-refractivity contribution in [3.8, 4) is 5.75 Å². The standard InChI is InChI=1S/C16H20N2O/c17-8-5-13-6-9-18(11-13)12-14-7-10-19-16-4-2-1-3-15(14)16/h1-4,6,9,11,14H,5,7-8,10,12,17H2. The van der Waals surface area contributed by atoms with Crippen molar-refractivity contribution in [1.29, 1.82) is 0 Å². The van der Waals surface area contributed by atoms with Gasteiger partial charge < -0.3 is 15.0 Å². The van der Waals surface area contributed by atoms with E-state index < -0.39 is 0 Å². The van der Waals surface area contributed by atoms with E-state index in [9.17, 15) is 0 Å². The summed E-state index contributed by atoms with van der Waals surface area (Å²) in [5.74, 6) is 1.59. The zero-order valence-corrected chi connectivity index (χ0v) is 11.1. The number of nitrogens with zero attached hydrogens (tertiary/aromatic N) is 1.